The summed E-state index contributed by atoms with van der Waals surface area (Å²) in [5.41, 5.74) is 1.13. The molecule has 0 spiro atoms. The molecule has 0 saturated heterocycles. The number of benzene rings is 1. The highest BCUT2D eigenvalue weighted by atomic mass is 16.3. The number of ketones is 1. The lowest BCUT2D eigenvalue weighted by Gasteiger charge is -2.19. The second-order valence-electron chi connectivity index (χ2n) is 5.43. The van der Waals surface area contributed by atoms with Crippen molar-refractivity contribution in [1.29, 1.82) is 0 Å². The van der Waals surface area contributed by atoms with Gasteiger partial charge in [0.25, 0.3) is 5.91 Å². The maximum absolute atomic E-state index is 12.1. The fourth-order valence-corrected chi connectivity index (χ4v) is 1.80. The fourth-order valence-electron chi connectivity index (χ4n) is 1.80. The van der Waals surface area contributed by atoms with E-state index in [0.717, 1.165) is 5.56 Å². The van der Waals surface area contributed by atoms with Crippen LogP contribution in [0.25, 0.3) is 0 Å². The van der Waals surface area contributed by atoms with E-state index in [1.807, 2.05) is 19.0 Å². The summed E-state index contributed by atoms with van der Waals surface area (Å²) in [6, 6.07) is 5.48. The van der Waals surface area contributed by atoms with E-state index < -0.39 is 30.4 Å². The molecule has 0 radical (unpaired) electrons. The van der Waals surface area contributed by atoms with Crippen LogP contribution in [0, 0.1) is 11.8 Å². The lowest BCUT2D eigenvalue weighted by molar-refractivity contribution is -0.125. The third-order valence-corrected chi connectivity index (χ3v) is 3.05. The van der Waals surface area contributed by atoms with Gasteiger partial charge in [0.05, 0.1) is 12.6 Å². The standard InChI is InChI=1S/C17H22N2O4/c1-12(21)16(15(22)11-20)18-17(23)14-8-6-13(7-9-14)5-4-10-19(2)3/h6-9,12,16,20-21H,10-11H2,1-3H3,(H,18,23)/t12-,16+/m1/s1. The SMILES string of the molecule is C[C@@H](O)[C@H](NC(=O)c1ccc(C#CCN(C)C)cc1)C(=O)CO. The van der Waals surface area contributed by atoms with Gasteiger partial charge in [-0.3, -0.25) is 14.5 Å². The van der Waals surface area contributed by atoms with Gasteiger partial charge in [0, 0.05) is 11.1 Å². The van der Waals surface area contributed by atoms with Crippen LogP contribution in [0.1, 0.15) is 22.8 Å². The lowest BCUT2D eigenvalue weighted by Crippen LogP contribution is -2.48. The normalized spacial score (nSPS) is 13.0. The Balaban J connectivity index is 2.76. The zero-order valence-electron chi connectivity index (χ0n) is 13.5. The number of aliphatic hydroxyl groups excluding tert-OH is 2. The number of nitrogens with zero attached hydrogens (tertiary/aromatic N) is 1. The molecule has 0 fully saturated rings. The van der Waals surface area contributed by atoms with E-state index in [-0.39, 0.29) is 0 Å². The molecule has 3 N–H and O–H groups in total. The Morgan fingerprint density at radius 1 is 1.26 bits per heavy atom. The molecule has 6 nitrogen and oxygen atoms in total. The number of carbonyl (C=O) groups is 2. The van der Waals surface area contributed by atoms with E-state index >= 15 is 0 Å². The van der Waals surface area contributed by atoms with Crippen LogP contribution in [0.2, 0.25) is 0 Å². The van der Waals surface area contributed by atoms with Crippen LogP contribution in [0.4, 0.5) is 0 Å². The maximum Gasteiger partial charge on any atom is 0.251 e. The second kappa shape index (κ2) is 9.06. The Hall–Kier alpha value is -2.20. The van der Waals surface area contributed by atoms with Gasteiger partial charge in [-0.15, -0.1) is 0 Å². The maximum atomic E-state index is 12.1. The minimum absolute atomic E-state index is 0.347. The largest absolute Gasteiger partial charge is 0.391 e. The molecule has 0 heterocycles. The summed E-state index contributed by atoms with van der Waals surface area (Å²) >= 11 is 0. The quantitative estimate of drug-likeness (QED) is 0.623. The zero-order chi connectivity index (χ0) is 17.4. The molecule has 6 heteroatoms. The summed E-state index contributed by atoms with van der Waals surface area (Å²) in [6.45, 7) is 1.28. The van der Waals surface area contributed by atoms with Gasteiger partial charge in [-0.25, -0.2) is 0 Å². The molecule has 0 saturated carbocycles. The molecule has 0 aromatic heterocycles. The van der Waals surface area contributed by atoms with Crippen LogP contribution >= 0.6 is 0 Å². The van der Waals surface area contributed by atoms with Crippen LogP contribution in [0.5, 0.6) is 0 Å². The van der Waals surface area contributed by atoms with Gasteiger partial charge >= 0.3 is 0 Å². The third kappa shape index (κ3) is 6.20. The van der Waals surface area contributed by atoms with Crippen molar-refractivity contribution in [2.45, 2.75) is 19.1 Å². The summed E-state index contributed by atoms with van der Waals surface area (Å²) in [5.74, 6) is 4.83. The molecule has 0 unspecified atom stereocenters. The third-order valence-electron chi connectivity index (χ3n) is 3.05. The van der Waals surface area contributed by atoms with Crippen molar-refractivity contribution in [3.63, 3.8) is 0 Å². The molecular formula is C17H22N2O4. The van der Waals surface area contributed by atoms with Crippen LogP contribution < -0.4 is 5.32 Å². The zero-order valence-corrected chi connectivity index (χ0v) is 13.5. The minimum atomic E-state index is -1.13. The first-order chi connectivity index (χ1) is 10.8. The van der Waals surface area contributed by atoms with Crippen molar-refractivity contribution < 1.29 is 19.8 Å². The van der Waals surface area contributed by atoms with Gasteiger partial charge in [0.15, 0.2) is 5.78 Å². The Morgan fingerprint density at radius 3 is 2.35 bits per heavy atom. The van der Waals surface area contributed by atoms with Gasteiger partial charge in [-0.1, -0.05) is 11.8 Å². The molecule has 0 bridgehead atoms. The van der Waals surface area contributed by atoms with E-state index in [4.69, 9.17) is 5.11 Å². The number of hydrogen-bond donors (Lipinski definition) is 3. The van der Waals surface area contributed by atoms with E-state index in [1.165, 1.54) is 6.92 Å². The first-order valence-electron chi connectivity index (χ1n) is 7.21. The number of nitrogens with one attached hydrogen (secondary N) is 1. The summed E-state index contributed by atoms with van der Waals surface area (Å²) < 4.78 is 0. The average molecular weight is 318 g/mol. The van der Waals surface area contributed by atoms with Crippen molar-refractivity contribution in [1.82, 2.24) is 10.2 Å². The molecule has 0 aliphatic rings. The Labute approximate surface area is 136 Å². The van der Waals surface area contributed by atoms with E-state index in [2.05, 4.69) is 17.2 Å². The molecule has 1 rings (SSSR count). The fraction of sp³-hybridized carbons (Fsp3) is 0.412. The van der Waals surface area contributed by atoms with Crippen LogP contribution in [-0.4, -0.2) is 66.2 Å². The van der Waals surface area contributed by atoms with Crippen molar-refractivity contribution in [3.05, 3.63) is 35.4 Å². The van der Waals surface area contributed by atoms with Gasteiger partial charge in [0.1, 0.15) is 12.6 Å². The molecule has 0 aliphatic heterocycles. The smallest absolute Gasteiger partial charge is 0.251 e. The predicted octanol–water partition coefficient (Wildman–Crippen LogP) is -0.360. The number of hydrogen-bond acceptors (Lipinski definition) is 5. The first-order valence-corrected chi connectivity index (χ1v) is 7.21. The molecule has 1 aromatic carbocycles. The van der Waals surface area contributed by atoms with E-state index in [0.29, 0.717) is 12.1 Å². The number of Topliss-reactive ketones (excluding diaryl/α,β-unsaturated/α-hetero) is 1. The highest BCUT2D eigenvalue weighted by molar-refractivity contribution is 5.98. The average Bonchev–Trinajstić information content (AvgIpc) is 2.51. The van der Waals surface area contributed by atoms with Crippen molar-refractivity contribution >= 4 is 11.7 Å². The van der Waals surface area contributed by atoms with Gasteiger partial charge in [0.2, 0.25) is 0 Å². The number of rotatable bonds is 6. The van der Waals surface area contributed by atoms with Crippen molar-refractivity contribution in [3.8, 4) is 11.8 Å². The highest BCUT2D eigenvalue weighted by Gasteiger charge is 2.25. The Morgan fingerprint density at radius 2 is 1.87 bits per heavy atom. The molecular weight excluding hydrogens is 296 g/mol. The van der Waals surface area contributed by atoms with Gasteiger partial charge in [-0.2, -0.15) is 0 Å². The molecule has 1 aromatic rings. The molecule has 124 valence electrons. The number of amides is 1. The molecule has 2 atom stereocenters. The summed E-state index contributed by atoms with van der Waals surface area (Å²) in [4.78, 5) is 25.5. The highest BCUT2D eigenvalue weighted by Crippen LogP contribution is 2.05. The van der Waals surface area contributed by atoms with E-state index in [1.54, 1.807) is 24.3 Å². The van der Waals surface area contributed by atoms with Crippen LogP contribution in [0.3, 0.4) is 0 Å². The summed E-state index contributed by atoms with van der Waals surface area (Å²) in [6.07, 6.45) is -1.09. The topological polar surface area (TPSA) is 89.9 Å². The lowest BCUT2D eigenvalue weighted by atomic mass is 10.1. The second-order valence-corrected chi connectivity index (χ2v) is 5.43. The number of aliphatic hydroxyl groups is 2. The van der Waals surface area contributed by atoms with Gasteiger partial charge in [-0.05, 0) is 45.3 Å². The minimum Gasteiger partial charge on any atom is -0.391 e. The Bertz CT molecular complexity index is 597. The van der Waals surface area contributed by atoms with Crippen LogP contribution in [0.15, 0.2) is 24.3 Å². The monoisotopic (exact) mass is 318 g/mol. The first kappa shape index (κ1) is 18.8. The molecule has 1 amide bonds. The number of carbonyl (C=O) groups excluding carboxylic acids is 2. The molecule has 23 heavy (non-hydrogen) atoms. The summed E-state index contributed by atoms with van der Waals surface area (Å²) in [5, 5.41) is 20.8. The van der Waals surface area contributed by atoms with E-state index in [9.17, 15) is 14.7 Å². The van der Waals surface area contributed by atoms with Crippen LogP contribution in [-0.2, 0) is 4.79 Å². The van der Waals surface area contributed by atoms with Crippen molar-refractivity contribution in [2.75, 3.05) is 27.2 Å². The van der Waals surface area contributed by atoms with Crippen molar-refractivity contribution in [2.24, 2.45) is 0 Å². The molecule has 0 aliphatic carbocycles. The Kier molecular flexibility index (Phi) is 7.42. The van der Waals surface area contributed by atoms with Gasteiger partial charge < -0.3 is 15.5 Å². The predicted molar refractivity (Wildman–Crippen MR) is 86.9 cm³/mol. The summed E-state index contributed by atoms with van der Waals surface area (Å²) in [7, 11) is 3.85.